The quantitative estimate of drug-likeness (QED) is 0.324. The molecule has 0 amide bonds. The van der Waals surface area contributed by atoms with Crippen molar-refractivity contribution in [2.45, 2.75) is 32.4 Å². The van der Waals surface area contributed by atoms with Gasteiger partial charge in [-0.2, -0.15) is 9.97 Å². The van der Waals surface area contributed by atoms with Crippen molar-refractivity contribution in [2.24, 2.45) is 0 Å². The van der Waals surface area contributed by atoms with Crippen LogP contribution < -0.4 is 20.9 Å². The van der Waals surface area contributed by atoms with Crippen LogP contribution in [-0.2, 0) is 6.54 Å². The molecule has 5 aromatic rings. The number of hydrogen-bond donors (Lipinski definition) is 2. The molecule has 1 aliphatic heterocycles. The van der Waals surface area contributed by atoms with Crippen molar-refractivity contribution in [3.63, 3.8) is 0 Å². The van der Waals surface area contributed by atoms with E-state index in [1.165, 1.54) is 10.9 Å². The third-order valence-electron chi connectivity index (χ3n) is 6.23. The summed E-state index contributed by atoms with van der Waals surface area (Å²) in [4.78, 5) is 31.4. The zero-order chi connectivity index (χ0) is 25.4. The van der Waals surface area contributed by atoms with Gasteiger partial charge in [0.15, 0.2) is 22.9 Å². The van der Waals surface area contributed by atoms with Crippen LogP contribution in [0.3, 0.4) is 0 Å². The summed E-state index contributed by atoms with van der Waals surface area (Å²) in [6, 6.07) is 11.1. The van der Waals surface area contributed by atoms with Gasteiger partial charge in [-0.15, -0.1) is 6.58 Å². The van der Waals surface area contributed by atoms with Gasteiger partial charge in [-0.05, 0) is 50.2 Å². The van der Waals surface area contributed by atoms with Crippen molar-refractivity contribution in [3.05, 3.63) is 71.5 Å². The first-order valence-electron chi connectivity index (χ1n) is 12.2. The van der Waals surface area contributed by atoms with Crippen LogP contribution in [0.5, 0.6) is 5.88 Å². The molecule has 5 heterocycles. The number of nitrogens with one attached hydrogen (secondary N) is 2. The summed E-state index contributed by atoms with van der Waals surface area (Å²) in [5.41, 5.74) is 2.37. The summed E-state index contributed by atoms with van der Waals surface area (Å²) in [6.07, 6.45) is 5.12. The van der Waals surface area contributed by atoms with E-state index in [-0.39, 0.29) is 18.2 Å². The van der Waals surface area contributed by atoms with Crippen LogP contribution in [0.1, 0.15) is 18.7 Å². The van der Waals surface area contributed by atoms with E-state index in [1.807, 2.05) is 36.4 Å². The van der Waals surface area contributed by atoms with Crippen LogP contribution in [0.4, 0.5) is 11.6 Å². The molecule has 0 atom stereocenters. The predicted molar refractivity (Wildman–Crippen MR) is 140 cm³/mol. The minimum absolute atomic E-state index is 0.102. The Morgan fingerprint density at radius 2 is 2.08 bits per heavy atom. The van der Waals surface area contributed by atoms with Crippen LogP contribution in [0.25, 0.3) is 28.0 Å². The Kier molecular flexibility index (Phi) is 5.89. The molecule has 1 aliphatic rings. The highest BCUT2D eigenvalue weighted by atomic mass is 16.5. The number of pyridine rings is 1. The van der Waals surface area contributed by atoms with Gasteiger partial charge in [0.25, 0.3) is 5.56 Å². The van der Waals surface area contributed by atoms with Crippen molar-refractivity contribution in [1.82, 2.24) is 34.6 Å². The van der Waals surface area contributed by atoms with Crippen molar-refractivity contribution < 1.29 is 9.15 Å². The molecule has 37 heavy (non-hydrogen) atoms. The highest BCUT2D eigenvalue weighted by Crippen LogP contribution is 2.23. The molecule has 0 saturated carbocycles. The fourth-order valence-corrected chi connectivity index (χ4v) is 4.53. The number of piperidine rings is 1. The van der Waals surface area contributed by atoms with Crippen LogP contribution >= 0.6 is 0 Å². The van der Waals surface area contributed by atoms with Crippen LogP contribution in [0, 0.1) is 6.92 Å². The number of aromatic nitrogens is 6. The maximum absolute atomic E-state index is 13.2. The molecule has 2 N–H and O–H groups in total. The number of ether oxygens (including phenoxy) is 1. The lowest BCUT2D eigenvalue weighted by Crippen LogP contribution is -2.34. The monoisotopic (exact) mass is 498 g/mol. The van der Waals surface area contributed by atoms with E-state index < -0.39 is 0 Å². The van der Waals surface area contributed by atoms with Crippen molar-refractivity contribution >= 4 is 33.8 Å². The first kappa shape index (κ1) is 22.9. The maximum Gasteiger partial charge on any atom is 0.278 e. The molecular formula is C26H26N8O3. The fraction of sp³-hybridized carbons (Fsp3) is 0.269. The molecule has 4 aromatic heterocycles. The van der Waals surface area contributed by atoms with E-state index in [1.54, 1.807) is 17.7 Å². The first-order valence-corrected chi connectivity index (χ1v) is 12.2. The van der Waals surface area contributed by atoms with E-state index in [0.29, 0.717) is 40.2 Å². The van der Waals surface area contributed by atoms with Crippen LogP contribution in [0.2, 0.25) is 0 Å². The van der Waals surface area contributed by atoms with Gasteiger partial charge < -0.3 is 19.8 Å². The Hall–Kier alpha value is -4.51. The number of allylic oxidation sites excluding steroid dienone is 1. The minimum atomic E-state index is -0.229. The van der Waals surface area contributed by atoms with Gasteiger partial charge >= 0.3 is 0 Å². The number of fused-ring (bicyclic) bond motifs is 2. The molecule has 0 aliphatic carbocycles. The van der Waals surface area contributed by atoms with E-state index in [0.717, 1.165) is 37.1 Å². The Morgan fingerprint density at radius 3 is 2.92 bits per heavy atom. The minimum Gasteiger partial charge on any atom is -0.474 e. The molecule has 0 unspecified atom stereocenters. The Morgan fingerprint density at radius 1 is 1.22 bits per heavy atom. The second-order valence-electron chi connectivity index (χ2n) is 8.86. The average molecular weight is 499 g/mol. The molecular weight excluding hydrogens is 472 g/mol. The molecule has 6 rings (SSSR count). The van der Waals surface area contributed by atoms with E-state index in [4.69, 9.17) is 19.1 Å². The molecule has 1 saturated heterocycles. The fourth-order valence-electron chi connectivity index (χ4n) is 4.53. The van der Waals surface area contributed by atoms with Crippen LogP contribution in [0.15, 0.2) is 64.5 Å². The number of anilines is 2. The summed E-state index contributed by atoms with van der Waals surface area (Å²) in [5.74, 6) is 1.95. The third kappa shape index (κ3) is 4.45. The van der Waals surface area contributed by atoms with Gasteiger partial charge in [-0.3, -0.25) is 4.79 Å². The lowest BCUT2D eigenvalue weighted by atomic mass is 10.1. The molecule has 11 nitrogen and oxygen atoms in total. The molecule has 188 valence electrons. The second kappa shape index (κ2) is 9.51. The van der Waals surface area contributed by atoms with E-state index in [2.05, 4.69) is 27.2 Å². The van der Waals surface area contributed by atoms with Crippen molar-refractivity contribution in [2.75, 3.05) is 18.4 Å². The van der Waals surface area contributed by atoms with Gasteiger partial charge in [-0.25, -0.2) is 19.3 Å². The van der Waals surface area contributed by atoms with E-state index >= 15 is 0 Å². The summed E-state index contributed by atoms with van der Waals surface area (Å²) in [7, 11) is 0. The summed E-state index contributed by atoms with van der Waals surface area (Å²) in [5, 5.41) is 6.91. The number of rotatable bonds is 7. The second-order valence-corrected chi connectivity index (χ2v) is 8.86. The van der Waals surface area contributed by atoms with E-state index in [9.17, 15) is 4.79 Å². The Balaban J connectivity index is 1.40. The number of hydrogen-bond acceptors (Lipinski definition) is 9. The zero-order valence-corrected chi connectivity index (χ0v) is 20.3. The number of nitrogens with zero attached hydrogens (tertiary/aromatic N) is 6. The van der Waals surface area contributed by atoms with Gasteiger partial charge in [0.1, 0.15) is 17.0 Å². The summed E-state index contributed by atoms with van der Waals surface area (Å²) >= 11 is 0. The van der Waals surface area contributed by atoms with Gasteiger partial charge in [0, 0.05) is 24.9 Å². The normalized spacial score (nSPS) is 14.3. The molecule has 1 aromatic carbocycles. The van der Waals surface area contributed by atoms with Crippen molar-refractivity contribution in [3.8, 4) is 11.7 Å². The summed E-state index contributed by atoms with van der Waals surface area (Å²) < 4.78 is 14.9. The molecule has 1 fully saturated rings. The average Bonchev–Trinajstić information content (AvgIpc) is 3.40. The van der Waals surface area contributed by atoms with Crippen molar-refractivity contribution in [1.29, 1.82) is 0 Å². The van der Waals surface area contributed by atoms with Gasteiger partial charge in [0.05, 0.1) is 6.54 Å². The predicted octanol–water partition coefficient (Wildman–Crippen LogP) is 3.49. The first-order chi connectivity index (χ1) is 18.1. The Labute approximate surface area is 211 Å². The standard InChI is InChI=1S/C26H26N8O3/c1-3-13-33-25(35)19-15-28-26(30-17-7-8-21-20(14-17)29-16(2)36-21)32-24(19)34(33)22-5-4-6-23(31-22)37-18-9-11-27-12-10-18/h3-8,14-15,18,27H,1,9-13H2,2H3,(H,28,30,32). The Bertz CT molecular complexity index is 1660. The topological polar surface area (TPSA) is 125 Å². The largest absolute Gasteiger partial charge is 0.474 e. The molecule has 0 bridgehead atoms. The SMILES string of the molecule is C=CCn1c(=O)c2cnc(Nc3ccc4oc(C)nc4c3)nc2n1-c1cccc(OC2CCNCC2)n1. The smallest absolute Gasteiger partial charge is 0.278 e. The zero-order valence-electron chi connectivity index (χ0n) is 20.3. The van der Waals surface area contributed by atoms with Gasteiger partial charge in [-0.1, -0.05) is 12.1 Å². The highest BCUT2D eigenvalue weighted by molar-refractivity contribution is 5.80. The highest BCUT2D eigenvalue weighted by Gasteiger charge is 2.20. The van der Waals surface area contributed by atoms with Crippen LogP contribution in [-0.4, -0.2) is 48.5 Å². The number of aryl methyl sites for hydroxylation is 1. The molecule has 11 heteroatoms. The lowest BCUT2D eigenvalue weighted by Gasteiger charge is -2.23. The number of benzene rings is 1. The van der Waals surface area contributed by atoms with Gasteiger partial charge in [0.2, 0.25) is 11.8 Å². The third-order valence-corrected chi connectivity index (χ3v) is 6.23. The maximum atomic E-state index is 13.2. The molecule has 0 spiro atoms. The summed E-state index contributed by atoms with van der Waals surface area (Å²) in [6.45, 7) is 7.73. The molecule has 0 radical (unpaired) electrons. The number of oxazole rings is 1. The lowest BCUT2D eigenvalue weighted by molar-refractivity contribution is 0.156.